The Morgan fingerprint density at radius 3 is 2.77 bits per heavy atom. The molecular weight excluding hydrogens is 384 g/mol. The molecule has 26 heavy (non-hydrogen) atoms. The van der Waals surface area contributed by atoms with Crippen LogP contribution in [0.25, 0.3) is 10.6 Å². The number of thiazole rings is 2. The molecule has 0 saturated heterocycles. The number of carbonyl (C=O) groups is 1. The standard InChI is InChI=1S/C16H13F2N3O3S2/c1-7(24-10-4-3-8(17)12(13(10)18)14(19)22)15-21-9(6-25-15)11-5-20-16(23-2)26-11/h3-7H,1-2H3,(H2,19,22). The van der Waals surface area contributed by atoms with E-state index in [-0.39, 0.29) is 5.75 Å². The van der Waals surface area contributed by atoms with E-state index in [0.717, 1.165) is 17.0 Å². The molecule has 2 N–H and O–H groups in total. The van der Waals surface area contributed by atoms with Gasteiger partial charge in [-0.05, 0) is 19.1 Å². The van der Waals surface area contributed by atoms with E-state index in [1.165, 1.54) is 29.8 Å². The second-order valence-electron chi connectivity index (χ2n) is 5.12. The van der Waals surface area contributed by atoms with Gasteiger partial charge in [-0.1, -0.05) is 11.3 Å². The van der Waals surface area contributed by atoms with Gasteiger partial charge in [-0.25, -0.2) is 18.7 Å². The molecule has 0 aliphatic heterocycles. The lowest BCUT2D eigenvalue weighted by molar-refractivity contribution is 0.0990. The van der Waals surface area contributed by atoms with Crippen molar-refractivity contribution in [2.24, 2.45) is 5.73 Å². The molecule has 1 unspecified atom stereocenters. The maximum Gasteiger partial charge on any atom is 0.273 e. The van der Waals surface area contributed by atoms with Crippen molar-refractivity contribution in [2.45, 2.75) is 13.0 Å². The van der Waals surface area contributed by atoms with Crippen molar-refractivity contribution in [2.75, 3.05) is 7.11 Å². The summed E-state index contributed by atoms with van der Waals surface area (Å²) in [5, 5.41) is 2.92. The van der Waals surface area contributed by atoms with Crippen LogP contribution < -0.4 is 15.2 Å². The zero-order valence-corrected chi connectivity index (χ0v) is 15.3. The summed E-state index contributed by atoms with van der Waals surface area (Å²) in [4.78, 5) is 20.5. The summed E-state index contributed by atoms with van der Waals surface area (Å²) in [7, 11) is 1.53. The van der Waals surface area contributed by atoms with Crippen LogP contribution in [0.15, 0.2) is 23.7 Å². The molecule has 0 aliphatic carbocycles. The van der Waals surface area contributed by atoms with Gasteiger partial charge in [-0.15, -0.1) is 11.3 Å². The summed E-state index contributed by atoms with van der Waals surface area (Å²) in [6.45, 7) is 1.67. The highest BCUT2D eigenvalue weighted by Gasteiger charge is 2.22. The van der Waals surface area contributed by atoms with Crippen LogP contribution in [0.4, 0.5) is 8.78 Å². The van der Waals surface area contributed by atoms with E-state index in [4.69, 9.17) is 15.2 Å². The number of methoxy groups -OCH3 is 1. The number of nitrogens with zero attached hydrogens (tertiary/aromatic N) is 2. The highest BCUT2D eigenvalue weighted by Crippen LogP contribution is 2.34. The van der Waals surface area contributed by atoms with Crippen molar-refractivity contribution in [1.82, 2.24) is 9.97 Å². The van der Waals surface area contributed by atoms with Gasteiger partial charge in [0.25, 0.3) is 11.1 Å². The fraction of sp³-hybridized carbons (Fsp3) is 0.188. The number of primary amides is 1. The highest BCUT2D eigenvalue weighted by molar-refractivity contribution is 7.17. The number of aromatic nitrogens is 2. The Labute approximate surface area is 155 Å². The minimum Gasteiger partial charge on any atom is -0.480 e. The lowest BCUT2D eigenvalue weighted by atomic mass is 10.1. The maximum absolute atomic E-state index is 14.3. The van der Waals surface area contributed by atoms with E-state index in [1.807, 2.05) is 5.38 Å². The minimum absolute atomic E-state index is 0.274. The molecule has 0 bridgehead atoms. The molecule has 3 rings (SSSR count). The van der Waals surface area contributed by atoms with Gasteiger partial charge in [-0.2, -0.15) is 0 Å². The second-order valence-corrected chi connectivity index (χ2v) is 7.01. The molecule has 0 fully saturated rings. The van der Waals surface area contributed by atoms with Crippen molar-refractivity contribution in [3.05, 3.63) is 45.9 Å². The van der Waals surface area contributed by atoms with E-state index >= 15 is 0 Å². The first-order valence-corrected chi connectivity index (χ1v) is 9.00. The number of hydrogen-bond donors (Lipinski definition) is 1. The van der Waals surface area contributed by atoms with Gasteiger partial charge in [0.1, 0.15) is 22.5 Å². The number of halogens is 2. The lowest BCUT2D eigenvalue weighted by Gasteiger charge is -2.14. The smallest absolute Gasteiger partial charge is 0.273 e. The minimum atomic E-state index is -1.20. The van der Waals surface area contributed by atoms with Crippen LogP contribution in [-0.2, 0) is 0 Å². The van der Waals surface area contributed by atoms with Gasteiger partial charge in [0.05, 0.1) is 23.9 Å². The van der Waals surface area contributed by atoms with Crippen LogP contribution in [0.2, 0.25) is 0 Å². The summed E-state index contributed by atoms with van der Waals surface area (Å²) < 4.78 is 38.4. The molecule has 0 radical (unpaired) electrons. The average molecular weight is 397 g/mol. The monoisotopic (exact) mass is 397 g/mol. The number of amides is 1. The van der Waals surface area contributed by atoms with Gasteiger partial charge in [0.15, 0.2) is 11.6 Å². The van der Waals surface area contributed by atoms with Crippen molar-refractivity contribution in [1.29, 1.82) is 0 Å². The van der Waals surface area contributed by atoms with E-state index in [9.17, 15) is 13.6 Å². The Kier molecular flexibility index (Phi) is 5.14. The van der Waals surface area contributed by atoms with Crippen LogP contribution in [0.1, 0.15) is 28.4 Å². The number of hydrogen-bond acceptors (Lipinski definition) is 7. The van der Waals surface area contributed by atoms with Crippen LogP contribution >= 0.6 is 22.7 Å². The molecule has 10 heteroatoms. The van der Waals surface area contributed by atoms with Gasteiger partial charge >= 0.3 is 0 Å². The topological polar surface area (TPSA) is 87.3 Å². The number of ether oxygens (including phenoxy) is 2. The SMILES string of the molecule is COc1ncc(-c2csc(C(C)Oc3ccc(F)c(C(N)=O)c3F)n2)s1. The third-order valence-electron chi connectivity index (χ3n) is 3.39. The Bertz CT molecular complexity index is 958. The Morgan fingerprint density at radius 1 is 1.35 bits per heavy atom. The average Bonchev–Trinajstić information content (AvgIpc) is 3.25. The molecule has 3 aromatic rings. The van der Waals surface area contributed by atoms with E-state index in [2.05, 4.69) is 9.97 Å². The number of carbonyl (C=O) groups excluding carboxylic acids is 1. The Balaban J connectivity index is 1.82. The quantitative estimate of drug-likeness (QED) is 0.684. The fourth-order valence-corrected chi connectivity index (χ4v) is 3.72. The first kappa shape index (κ1) is 18.2. The zero-order chi connectivity index (χ0) is 18.8. The normalized spacial score (nSPS) is 12.0. The summed E-state index contributed by atoms with van der Waals surface area (Å²) in [5.74, 6) is -3.64. The van der Waals surface area contributed by atoms with E-state index in [0.29, 0.717) is 15.9 Å². The van der Waals surface area contributed by atoms with Gasteiger partial charge in [-0.3, -0.25) is 4.79 Å². The highest BCUT2D eigenvalue weighted by atomic mass is 32.1. The number of nitrogens with two attached hydrogens (primary N) is 1. The summed E-state index contributed by atoms with van der Waals surface area (Å²) >= 11 is 2.66. The lowest BCUT2D eigenvalue weighted by Crippen LogP contribution is -2.16. The summed E-state index contributed by atoms with van der Waals surface area (Å²) in [6.07, 6.45) is 1.02. The first-order valence-electron chi connectivity index (χ1n) is 7.30. The molecule has 2 heterocycles. The van der Waals surface area contributed by atoms with E-state index < -0.39 is 29.2 Å². The predicted octanol–water partition coefficient (Wildman–Crippen LogP) is 3.79. The molecule has 1 atom stereocenters. The van der Waals surface area contributed by atoms with Crippen LogP contribution in [-0.4, -0.2) is 23.0 Å². The Morgan fingerprint density at radius 2 is 2.12 bits per heavy atom. The molecule has 0 aliphatic rings. The largest absolute Gasteiger partial charge is 0.480 e. The van der Waals surface area contributed by atoms with Crippen LogP contribution in [0, 0.1) is 11.6 Å². The van der Waals surface area contributed by atoms with E-state index in [1.54, 1.807) is 13.1 Å². The van der Waals surface area contributed by atoms with Crippen LogP contribution in [0.3, 0.4) is 0 Å². The second kappa shape index (κ2) is 7.34. The number of rotatable bonds is 6. The summed E-state index contributed by atoms with van der Waals surface area (Å²) in [5.41, 5.74) is 4.87. The first-order chi connectivity index (χ1) is 12.4. The van der Waals surface area contributed by atoms with Crippen molar-refractivity contribution < 1.29 is 23.0 Å². The van der Waals surface area contributed by atoms with Crippen LogP contribution in [0.5, 0.6) is 10.9 Å². The Hall–Kier alpha value is -2.59. The number of benzene rings is 1. The van der Waals surface area contributed by atoms with Crippen molar-refractivity contribution in [3.8, 4) is 21.5 Å². The van der Waals surface area contributed by atoms with Crippen molar-refractivity contribution in [3.63, 3.8) is 0 Å². The van der Waals surface area contributed by atoms with Gasteiger partial charge in [0.2, 0.25) is 0 Å². The third kappa shape index (κ3) is 3.51. The molecule has 1 aromatic carbocycles. The summed E-state index contributed by atoms with van der Waals surface area (Å²) in [6, 6.07) is 2.04. The maximum atomic E-state index is 14.3. The van der Waals surface area contributed by atoms with Gasteiger partial charge < -0.3 is 15.2 Å². The van der Waals surface area contributed by atoms with Gasteiger partial charge in [0, 0.05) is 5.38 Å². The predicted molar refractivity (Wildman–Crippen MR) is 93.7 cm³/mol. The molecule has 2 aromatic heterocycles. The third-order valence-corrected chi connectivity index (χ3v) is 5.37. The molecular formula is C16H13F2N3O3S2. The molecule has 1 amide bonds. The molecule has 6 nitrogen and oxygen atoms in total. The fourth-order valence-electron chi connectivity index (χ4n) is 2.15. The molecule has 136 valence electrons. The van der Waals surface area contributed by atoms with Crippen molar-refractivity contribution >= 4 is 28.6 Å². The zero-order valence-electron chi connectivity index (χ0n) is 13.7. The molecule has 0 spiro atoms. The molecule has 0 saturated carbocycles.